The summed E-state index contributed by atoms with van der Waals surface area (Å²) in [6, 6.07) is 9.13. The minimum absolute atomic E-state index is 0.289. The Bertz CT molecular complexity index is 613. The van der Waals surface area contributed by atoms with Crippen LogP contribution in [0.5, 0.6) is 5.75 Å². The number of methoxy groups -OCH3 is 1. The first-order valence-electron chi connectivity index (χ1n) is 6.38. The van der Waals surface area contributed by atoms with E-state index in [1.807, 2.05) is 6.92 Å². The van der Waals surface area contributed by atoms with Gasteiger partial charge < -0.3 is 10.1 Å². The zero-order valence-electron chi connectivity index (χ0n) is 11.7. The fraction of sp³-hybridized carbons (Fsp3) is 0.250. The third-order valence-corrected chi connectivity index (χ3v) is 3.31. The van der Waals surface area contributed by atoms with Gasteiger partial charge in [0, 0.05) is 11.3 Å². The van der Waals surface area contributed by atoms with E-state index in [1.165, 1.54) is 19.2 Å². The largest absolute Gasteiger partial charge is 0.496 e. The zero-order valence-corrected chi connectivity index (χ0v) is 11.7. The van der Waals surface area contributed by atoms with Crippen LogP contribution < -0.4 is 10.1 Å². The second-order valence-corrected chi connectivity index (χ2v) is 4.63. The Hall–Kier alpha value is -2.10. The topological polar surface area (TPSA) is 21.3 Å². The maximum atomic E-state index is 14.0. The van der Waals surface area contributed by atoms with Crippen molar-refractivity contribution in [1.82, 2.24) is 0 Å². The highest BCUT2D eigenvalue weighted by Crippen LogP contribution is 2.31. The lowest BCUT2D eigenvalue weighted by molar-refractivity contribution is 0.402. The van der Waals surface area contributed by atoms with E-state index in [4.69, 9.17) is 4.74 Å². The highest BCUT2D eigenvalue weighted by atomic mass is 19.1. The normalized spacial score (nSPS) is 12.1. The van der Waals surface area contributed by atoms with Crippen molar-refractivity contribution in [3.63, 3.8) is 0 Å². The molecule has 106 valence electrons. The quantitative estimate of drug-likeness (QED) is 0.891. The molecule has 4 heteroatoms. The molecule has 0 aliphatic heterocycles. The van der Waals surface area contributed by atoms with Crippen molar-refractivity contribution in [3.05, 3.63) is 59.2 Å². The Kier molecular flexibility index (Phi) is 4.23. The Balaban J connectivity index is 2.33. The second kappa shape index (κ2) is 5.90. The second-order valence-electron chi connectivity index (χ2n) is 4.63. The maximum absolute atomic E-state index is 14.0. The number of hydrogen-bond acceptors (Lipinski definition) is 2. The molecule has 1 atom stereocenters. The van der Waals surface area contributed by atoms with Gasteiger partial charge in [-0.3, -0.25) is 0 Å². The summed E-state index contributed by atoms with van der Waals surface area (Å²) in [7, 11) is 1.50. The number of ether oxygens (including phenoxy) is 1. The molecule has 2 aromatic carbocycles. The predicted molar refractivity (Wildman–Crippen MR) is 76.1 cm³/mol. The molecule has 0 fully saturated rings. The van der Waals surface area contributed by atoms with Crippen molar-refractivity contribution < 1.29 is 13.5 Å². The summed E-state index contributed by atoms with van der Waals surface area (Å²) >= 11 is 0. The van der Waals surface area contributed by atoms with Crippen LogP contribution in [0.2, 0.25) is 0 Å². The summed E-state index contributed by atoms with van der Waals surface area (Å²) in [4.78, 5) is 0. The lowest BCUT2D eigenvalue weighted by Crippen LogP contribution is -2.11. The molecule has 1 N–H and O–H groups in total. The van der Waals surface area contributed by atoms with Gasteiger partial charge in [-0.15, -0.1) is 0 Å². The van der Waals surface area contributed by atoms with Crippen LogP contribution in [0.25, 0.3) is 0 Å². The van der Waals surface area contributed by atoms with Crippen LogP contribution in [0, 0.1) is 18.6 Å². The van der Waals surface area contributed by atoms with Gasteiger partial charge in [0.15, 0.2) is 0 Å². The van der Waals surface area contributed by atoms with Gasteiger partial charge in [-0.1, -0.05) is 12.1 Å². The number of rotatable bonds is 4. The molecule has 0 spiro atoms. The van der Waals surface area contributed by atoms with Crippen LogP contribution in [0.15, 0.2) is 36.4 Å². The van der Waals surface area contributed by atoms with Crippen molar-refractivity contribution >= 4 is 5.69 Å². The smallest absolute Gasteiger partial charge is 0.132 e. The van der Waals surface area contributed by atoms with Crippen LogP contribution in [-0.2, 0) is 0 Å². The average molecular weight is 277 g/mol. The standard InChI is InChI=1S/C16H17F2NO/c1-10-12(17)6-4-8-14(10)19-11(2)16-13(18)7-5-9-15(16)20-3/h4-9,11,19H,1-3H3. The van der Waals surface area contributed by atoms with Gasteiger partial charge in [-0.2, -0.15) is 0 Å². The number of benzene rings is 2. The van der Waals surface area contributed by atoms with E-state index < -0.39 is 0 Å². The average Bonchev–Trinajstić information content (AvgIpc) is 2.43. The Morgan fingerprint density at radius 2 is 1.70 bits per heavy atom. The molecule has 2 aromatic rings. The van der Waals surface area contributed by atoms with E-state index in [9.17, 15) is 8.78 Å². The molecule has 0 heterocycles. The first-order valence-corrected chi connectivity index (χ1v) is 6.38. The molecular formula is C16H17F2NO. The minimum atomic E-state index is -0.349. The predicted octanol–water partition coefficient (Wildman–Crippen LogP) is 4.45. The van der Waals surface area contributed by atoms with Gasteiger partial charge in [0.05, 0.1) is 18.7 Å². The molecule has 0 aromatic heterocycles. The molecule has 2 nitrogen and oxygen atoms in total. The number of anilines is 1. The Morgan fingerprint density at radius 1 is 1.05 bits per heavy atom. The van der Waals surface area contributed by atoms with Crippen LogP contribution in [0.4, 0.5) is 14.5 Å². The molecule has 0 amide bonds. The third kappa shape index (κ3) is 2.74. The van der Waals surface area contributed by atoms with Gasteiger partial charge in [0.25, 0.3) is 0 Å². The highest BCUT2D eigenvalue weighted by Gasteiger charge is 2.17. The van der Waals surface area contributed by atoms with E-state index in [0.29, 0.717) is 22.6 Å². The molecule has 0 saturated carbocycles. The van der Waals surface area contributed by atoms with Gasteiger partial charge in [0.1, 0.15) is 17.4 Å². The molecular weight excluding hydrogens is 260 g/mol. The van der Waals surface area contributed by atoms with Crippen LogP contribution in [0.1, 0.15) is 24.1 Å². The lowest BCUT2D eigenvalue weighted by atomic mass is 10.1. The Labute approximate surface area is 117 Å². The lowest BCUT2D eigenvalue weighted by Gasteiger charge is -2.20. The van der Waals surface area contributed by atoms with Crippen LogP contribution in [0.3, 0.4) is 0 Å². The summed E-state index contributed by atoms with van der Waals surface area (Å²) in [5.41, 5.74) is 1.58. The molecule has 0 radical (unpaired) electrons. The van der Waals surface area contributed by atoms with Crippen molar-refractivity contribution in [2.75, 3.05) is 12.4 Å². The van der Waals surface area contributed by atoms with E-state index in [-0.39, 0.29) is 17.7 Å². The third-order valence-electron chi connectivity index (χ3n) is 3.31. The van der Waals surface area contributed by atoms with E-state index in [1.54, 1.807) is 31.2 Å². The van der Waals surface area contributed by atoms with E-state index in [0.717, 1.165) is 0 Å². The number of hydrogen-bond donors (Lipinski definition) is 1. The molecule has 2 rings (SSSR count). The SMILES string of the molecule is COc1cccc(F)c1C(C)Nc1cccc(F)c1C. The summed E-state index contributed by atoms with van der Waals surface area (Å²) in [5, 5.41) is 3.12. The highest BCUT2D eigenvalue weighted by molar-refractivity contribution is 5.53. The summed E-state index contributed by atoms with van der Waals surface area (Å²) < 4.78 is 32.7. The van der Waals surface area contributed by atoms with Gasteiger partial charge in [-0.25, -0.2) is 8.78 Å². The van der Waals surface area contributed by atoms with E-state index in [2.05, 4.69) is 5.32 Å². The zero-order chi connectivity index (χ0) is 14.7. The van der Waals surface area contributed by atoms with Crippen LogP contribution in [-0.4, -0.2) is 7.11 Å². The summed E-state index contributed by atoms with van der Waals surface area (Å²) in [6.45, 7) is 3.49. The first kappa shape index (κ1) is 14.3. The fourth-order valence-electron chi connectivity index (χ4n) is 2.18. The molecule has 1 unspecified atom stereocenters. The summed E-state index contributed by atoms with van der Waals surface area (Å²) in [6.07, 6.45) is 0. The number of halogens is 2. The maximum Gasteiger partial charge on any atom is 0.132 e. The molecule has 0 bridgehead atoms. The Morgan fingerprint density at radius 3 is 2.40 bits per heavy atom. The van der Waals surface area contributed by atoms with Gasteiger partial charge in [-0.05, 0) is 38.1 Å². The number of nitrogens with one attached hydrogen (secondary N) is 1. The molecule has 20 heavy (non-hydrogen) atoms. The minimum Gasteiger partial charge on any atom is -0.496 e. The molecule has 0 aliphatic carbocycles. The van der Waals surface area contributed by atoms with Crippen molar-refractivity contribution in [2.24, 2.45) is 0 Å². The first-order chi connectivity index (χ1) is 9.54. The van der Waals surface area contributed by atoms with Crippen LogP contribution >= 0.6 is 0 Å². The monoisotopic (exact) mass is 277 g/mol. The van der Waals surface area contributed by atoms with E-state index >= 15 is 0 Å². The van der Waals surface area contributed by atoms with Gasteiger partial charge >= 0.3 is 0 Å². The fourth-order valence-corrected chi connectivity index (χ4v) is 2.18. The van der Waals surface area contributed by atoms with Gasteiger partial charge in [0.2, 0.25) is 0 Å². The van der Waals surface area contributed by atoms with Crippen molar-refractivity contribution in [3.8, 4) is 5.75 Å². The van der Waals surface area contributed by atoms with Crippen molar-refractivity contribution in [1.29, 1.82) is 0 Å². The summed E-state index contributed by atoms with van der Waals surface area (Å²) in [5.74, 6) is -0.167. The molecule has 0 aliphatic rings. The molecule has 0 saturated heterocycles. The van der Waals surface area contributed by atoms with Crippen molar-refractivity contribution in [2.45, 2.75) is 19.9 Å².